The Kier molecular flexibility index (Phi) is 4.04. The molecule has 0 spiro atoms. The maximum atomic E-state index is 5.98. The number of pyridine rings is 1. The van der Waals surface area contributed by atoms with Gasteiger partial charge in [-0.05, 0) is 37.6 Å². The Bertz CT molecular complexity index is 540. The van der Waals surface area contributed by atoms with Crippen molar-refractivity contribution in [3.8, 4) is 0 Å². The summed E-state index contributed by atoms with van der Waals surface area (Å²) in [6, 6.07) is 8.05. The number of aromatic nitrogens is 1. The molecule has 1 unspecified atom stereocenters. The molecule has 1 heterocycles. The Morgan fingerprint density at radius 1 is 1.39 bits per heavy atom. The zero-order chi connectivity index (χ0) is 13.1. The molecule has 1 aromatic carbocycles. The number of rotatable bonds is 4. The molecule has 2 rings (SSSR count). The second-order valence-corrected chi connectivity index (χ2v) is 5.12. The number of fused-ring (bicyclic) bond motifs is 1. The predicted octanol–water partition coefficient (Wildman–Crippen LogP) is 3.06. The van der Waals surface area contributed by atoms with E-state index < -0.39 is 0 Å². The molecule has 2 aromatic rings. The lowest BCUT2D eigenvalue weighted by molar-refractivity contribution is 0.660. The molecule has 0 amide bonds. The molecule has 0 bridgehead atoms. The monoisotopic (exact) mass is 263 g/mol. The van der Waals surface area contributed by atoms with Crippen LogP contribution in [-0.2, 0) is 0 Å². The van der Waals surface area contributed by atoms with Crippen LogP contribution >= 0.6 is 11.6 Å². The topological polar surface area (TPSA) is 42.1 Å². The minimum Gasteiger partial charge on any atom is -0.374 e. The lowest BCUT2D eigenvalue weighted by Crippen LogP contribution is -2.25. The van der Waals surface area contributed by atoms with E-state index in [1.54, 1.807) is 0 Å². The highest BCUT2D eigenvalue weighted by Gasteiger charge is 2.07. The number of hydrogen-bond acceptors (Lipinski definition) is 3. The standard InChI is InChI=1S/C14H18ClN3/c1-10(16)6-8-18(2)14-5-7-17-13-9-11(15)3-4-12(13)14/h3-5,7,9-10H,6,8,16H2,1-2H3. The molecule has 0 fully saturated rings. The fraction of sp³-hybridized carbons (Fsp3) is 0.357. The van der Waals surface area contributed by atoms with Crippen molar-refractivity contribution in [1.29, 1.82) is 0 Å². The molecule has 0 saturated carbocycles. The van der Waals surface area contributed by atoms with E-state index in [4.69, 9.17) is 17.3 Å². The number of halogens is 1. The largest absolute Gasteiger partial charge is 0.374 e. The van der Waals surface area contributed by atoms with Crippen LogP contribution < -0.4 is 10.6 Å². The number of benzene rings is 1. The third-order valence-corrected chi connectivity index (χ3v) is 3.25. The van der Waals surface area contributed by atoms with E-state index in [0.717, 1.165) is 29.6 Å². The van der Waals surface area contributed by atoms with Gasteiger partial charge in [-0.3, -0.25) is 4.98 Å². The first-order valence-electron chi connectivity index (χ1n) is 6.09. The molecule has 0 radical (unpaired) electrons. The van der Waals surface area contributed by atoms with E-state index in [9.17, 15) is 0 Å². The van der Waals surface area contributed by atoms with E-state index in [0.29, 0.717) is 5.02 Å². The average molecular weight is 264 g/mol. The van der Waals surface area contributed by atoms with Crippen LogP contribution in [0.25, 0.3) is 10.9 Å². The Labute approximate surface area is 113 Å². The molecule has 1 atom stereocenters. The van der Waals surface area contributed by atoms with Crippen molar-refractivity contribution in [2.75, 3.05) is 18.5 Å². The fourth-order valence-corrected chi connectivity index (χ4v) is 2.12. The highest BCUT2D eigenvalue weighted by molar-refractivity contribution is 6.31. The zero-order valence-corrected chi connectivity index (χ0v) is 11.5. The fourth-order valence-electron chi connectivity index (χ4n) is 1.96. The highest BCUT2D eigenvalue weighted by atomic mass is 35.5. The first-order valence-corrected chi connectivity index (χ1v) is 6.46. The molecule has 4 heteroatoms. The molecule has 3 nitrogen and oxygen atoms in total. The van der Waals surface area contributed by atoms with Gasteiger partial charge in [-0.25, -0.2) is 0 Å². The molecule has 0 saturated heterocycles. The Morgan fingerprint density at radius 3 is 2.89 bits per heavy atom. The summed E-state index contributed by atoms with van der Waals surface area (Å²) in [6.07, 6.45) is 2.78. The van der Waals surface area contributed by atoms with Crippen molar-refractivity contribution in [3.05, 3.63) is 35.5 Å². The van der Waals surface area contributed by atoms with Crippen molar-refractivity contribution in [2.45, 2.75) is 19.4 Å². The summed E-state index contributed by atoms with van der Waals surface area (Å²) in [7, 11) is 2.08. The van der Waals surface area contributed by atoms with E-state index in [2.05, 4.69) is 16.9 Å². The average Bonchev–Trinajstić information content (AvgIpc) is 2.34. The van der Waals surface area contributed by atoms with Crippen LogP contribution in [-0.4, -0.2) is 24.6 Å². The summed E-state index contributed by atoms with van der Waals surface area (Å²) in [5.74, 6) is 0. The molecule has 2 N–H and O–H groups in total. The van der Waals surface area contributed by atoms with E-state index in [1.165, 1.54) is 0 Å². The Morgan fingerprint density at radius 2 is 2.17 bits per heavy atom. The predicted molar refractivity (Wildman–Crippen MR) is 78.3 cm³/mol. The summed E-state index contributed by atoms with van der Waals surface area (Å²) in [5.41, 5.74) is 7.88. The second kappa shape index (κ2) is 5.55. The van der Waals surface area contributed by atoms with Gasteiger partial charge in [0.25, 0.3) is 0 Å². The Hall–Kier alpha value is -1.32. The zero-order valence-electron chi connectivity index (χ0n) is 10.7. The van der Waals surface area contributed by atoms with Gasteiger partial charge in [-0.2, -0.15) is 0 Å². The minimum atomic E-state index is 0.218. The van der Waals surface area contributed by atoms with Crippen LogP contribution in [0.3, 0.4) is 0 Å². The van der Waals surface area contributed by atoms with Gasteiger partial charge in [0.15, 0.2) is 0 Å². The third kappa shape index (κ3) is 2.92. The quantitative estimate of drug-likeness (QED) is 0.922. The summed E-state index contributed by atoms with van der Waals surface area (Å²) >= 11 is 5.98. The van der Waals surface area contributed by atoms with Crippen LogP contribution in [0.5, 0.6) is 0 Å². The van der Waals surface area contributed by atoms with Crippen molar-refractivity contribution >= 4 is 28.2 Å². The Balaban J connectivity index is 2.32. The molecular weight excluding hydrogens is 246 g/mol. The van der Waals surface area contributed by atoms with Gasteiger partial charge in [0.05, 0.1) is 5.52 Å². The van der Waals surface area contributed by atoms with Gasteiger partial charge < -0.3 is 10.6 Å². The van der Waals surface area contributed by atoms with Crippen LogP contribution in [0.1, 0.15) is 13.3 Å². The minimum absolute atomic E-state index is 0.218. The first-order chi connectivity index (χ1) is 8.58. The summed E-state index contributed by atoms with van der Waals surface area (Å²) in [6.45, 7) is 2.96. The van der Waals surface area contributed by atoms with Crippen molar-refractivity contribution in [2.24, 2.45) is 5.73 Å². The van der Waals surface area contributed by atoms with Crippen LogP contribution in [0, 0.1) is 0 Å². The number of nitrogens with two attached hydrogens (primary N) is 1. The van der Waals surface area contributed by atoms with Gasteiger partial charge in [0.1, 0.15) is 0 Å². The SMILES string of the molecule is CC(N)CCN(C)c1ccnc2cc(Cl)ccc12. The van der Waals surface area contributed by atoms with Gasteiger partial charge in [-0.1, -0.05) is 11.6 Å². The molecule has 1 aromatic heterocycles. The lowest BCUT2D eigenvalue weighted by atomic mass is 10.1. The normalized spacial score (nSPS) is 12.7. The molecular formula is C14H18ClN3. The van der Waals surface area contributed by atoms with Crippen molar-refractivity contribution in [3.63, 3.8) is 0 Å². The molecule has 96 valence electrons. The van der Waals surface area contributed by atoms with E-state index >= 15 is 0 Å². The summed E-state index contributed by atoms with van der Waals surface area (Å²) in [5, 5.41) is 1.83. The summed E-state index contributed by atoms with van der Waals surface area (Å²) in [4.78, 5) is 6.55. The number of hydrogen-bond donors (Lipinski definition) is 1. The molecule has 18 heavy (non-hydrogen) atoms. The van der Waals surface area contributed by atoms with Crippen LogP contribution in [0.15, 0.2) is 30.5 Å². The maximum Gasteiger partial charge on any atom is 0.0737 e. The summed E-state index contributed by atoms with van der Waals surface area (Å²) < 4.78 is 0. The lowest BCUT2D eigenvalue weighted by Gasteiger charge is -2.21. The number of anilines is 1. The first kappa shape index (κ1) is 13.1. The van der Waals surface area contributed by atoms with E-state index in [-0.39, 0.29) is 6.04 Å². The maximum absolute atomic E-state index is 5.98. The smallest absolute Gasteiger partial charge is 0.0737 e. The van der Waals surface area contributed by atoms with Gasteiger partial charge >= 0.3 is 0 Å². The van der Waals surface area contributed by atoms with Crippen LogP contribution in [0.2, 0.25) is 5.02 Å². The molecule has 0 aliphatic rings. The van der Waals surface area contributed by atoms with Crippen molar-refractivity contribution < 1.29 is 0 Å². The van der Waals surface area contributed by atoms with Crippen molar-refractivity contribution in [1.82, 2.24) is 4.98 Å². The molecule has 0 aliphatic heterocycles. The van der Waals surface area contributed by atoms with Gasteiger partial charge in [0.2, 0.25) is 0 Å². The van der Waals surface area contributed by atoms with Gasteiger partial charge in [0, 0.05) is 41.9 Å². The third-order valence-electron chi connectivity index (χ3n) is 3.01. The highest BCUT2D eigenvalue weighted by Crippen LogP contribution is 2.26. The second-order valence-electron chi connectivity index (χ2n) is 4.68. The number of nitrogens with zero attached hydrogens (tertiary/aromatic N) is 2. The van der Waals surface area contributed by atoms with E-state index in [1.807, 2.05) is 37.4 Å². The van der Waals surface area contributed by atoms with Gasteiger partial charge in [-0.15, -0.1) is 0 Å². The molecule has 0 aliphatic carbocycles. The van der Waals surface area contributed by atoms with Crippen LogP contribution in [0.4, 0.5) is 5.69 Å².